The second kappa shape index (κ2) is 5.99. The number of carboxylic acid groups (broad SMARTS) is 2. The quantitative estimate of drug-likeness (QED) is 0.243. The molecule has 10 heavy (non-hydrogen) atoms. The van der Waals surface area contributed by atoms with Crippen LogP contribution in [0.1, 0.15) is 6.92 Å². The molecule has 0 atom stereocenters. The number of rotatable bonds is 0. The van der Waals surface area contributed by atoms with Gasteiger partial charge in [0.05, 0.1) is 0 Å². The fourth-order valence-electron chi connectivity index (χ4n) is 0. The van der Waals surface area contributed by atoms with Crippen LogP contribution in [0, 0.1) is 0 Å². The largest absolute Gasteiger partial charge is 0.473 e. The number of nitrogens with two attached hydrogens (primary N) is 2. The molecule has 0 saturated carbocycles. The third kappa shape index (κ3) is 28.8. The van der Waals surface area contributed by atoms with Crippen LogP contribution in [0.2, 0.25) is 0 Å². The normalized spacial score (nSPS) is 8.00. The van der Waals surface area contributed by atoms with Crippen LogP contribution < -0.4 is 11.5 Å². The Bertz CT molecular complexity index is 108. The van der Waals surface area contributed by atoms with Crippen molar-refractivity contribution in [3.05, 3.63) is 0 Å². The first-order valence-corrected chi connectivity index (χ1v) is 2.35. The van der Waals surface area contributed by atoms with E-state index in [1.165, 1.54) is 0 Å². The molecule has 0 rings (SSSR count). The Morgan fingerprint density at radius 1 is 1.20 bits per heavy atom. The Kier molecular flexibility index (Phi) is 6.96. The van der Waals surface area contributed by atoms with E-state index in [9.17, 15) is 0 Å². The van der Waals surface area contributed by atoms with Gasteiger partial charge in [-0.1, -0.05) is 0 Å². The van der Waals surface area contributed by atoms with Crippen molar-refractivity contribution in [2.45, 2.75) is 13.1 Å². The minimum Gasteiger partial charge on any atom is -0.473 e. The first-order chi connectivity index (χ1) is 4.37. The van der Waals surface area contributed by atoms with E-state index >= 15 is 0 Å². The predicted molar refractivity (Wildman–Crippen MR) is 33.1 cm³/mol. The molecule has 6 nitrogen and oxygen atoms in total. The van der Waals surface area contributed by atoms with Gasteiger partial charge < -0.3 is 21.7 Å². The van der Waals surface area contributed by atoms with Crippen LogP contribution in [0.25, 0.3) is 0 Å². The van der Waals surface area contributed by atoms with Crippen LogP contribution in [-0.2, 0) is 9.59 Å². The van der Waals surface area contributed by atoms with Crippen molar-refractivity contribution in [1.29, 1.82) is 0 Å². The fourth-order valence-corrected chi connectivity index (χ4v) is 0. The highest BCUT2D eigenvalue weighted by molar-refractivity contribution is 6.27. The first kappa shape index (κ1) is 11.6. The summed E-state index contributed by atoms with van der Waals surface area (Å²) in [5, 5.41) is 14.8. The van der Waals surface area contributed by atoms with Crippen LogP contribution in [0.3, 0.4) is 0 Å². The number of hydrogen-bond acceptors (Lipinski definition) is 4. The molecule has 0 aromatic rings. The van der Waals surface area contributed by atoms with E-state index < -0.39 is 11.9 Å². The molecule has 0 saturated heterocycles. The van der Waals surface area contributed by atoms with Gasteiger partial charge in [0, 0.05) is 6.17 Å². The maximum Gasteiger partial charge on any atom is 0.414 e. The van der Waals surface area contributed by atoms with Crippen molar-refractivity contribution in [2.24, 2.45) is 11.5 Å². The van der Waals surface area contributed by atoms with Gasteiger partial charge in [0.15, 0.2) is 0 Å². The van der Waals surface area contributed by atoms with Crippen molar-refractivity contribution >= 4 is 11.9 Å². The maximum atomic E-state index is 9.10. The van der Waals surface area contributed by atoms with Crippen molar-refractivity contribution < 1.29 is 19.8 Å². The Morgan fingerprint density at radius 3 is 1.30 bits per heavy atom. The second-order valence-corrected chi connectivity index (χ2v) is 1.47. The van der Waals surface area contributed by atoms with Gasteiger partial charge in [0.25, 0.3) is 0 Å². The van der Waals surface area contributed by atoms with Crippen molar-refractivity contribution in [3.63, 3.8) is 0 Å². The Labute approximate surface area is 57.4 Å². The summed E-state index contributed by atoms with van der Waals surface area (Å²) in [7, 11) is 0. The van der Waals surface area contributed by atoms with E-state index in [4.69, 9.17) is 31.3 Å². The van der Waals surface area contributed by atoms with Gasteiger partial charge in [0.1, 0.15) is 0 Å². The summed E-state index contributed by atoms with van der Waals surface area (Å²) in [6.07, 6.45) is -0.167. The average molecular weight is 150 g/mol. The van der Waals surface area contributed by atoms with Gasteiger partial charge in [-0.2, -0.15) is 0 Å². The van der Waals surface area contributed by atoms with Crippen molar-refractivity contribution in [3.8, 4) is 0 Å². The maximum absolute atomic E-state index is 9.10. The minimum atomic E-state index is -1.82. The van der Waals surface area contributed by atoms with E-state index in [1.54, 1.807) is 6.92 Å². The van der Waals surface area contributed by atoms with Crippen LogP contribution in [0.4, 0.5) is 0 Å². The number of carbonyl (C=O) groups is 2. The number of carboxylic acids is 2. The molecular formula is C4H10N2O4. The standard InChI is InChI=1S/C2H8N2.C2H2O4/c1-2(3)4;3-1(4)2(5)6/h2H,3-4H2,1H3;(H,3,4)(H,5,6). The van der Waals surface area contributed by atoms with E-state index in [1.807, 2.05) is 0 Å². The molecule has 0 amide bonds. The summed E-state index contributed by atoms with van der Waals surface area (Å²) in [6, 6.07) is 0. The van der Waals surface area contributed by atoms with Crippen LogP contribution in [-0.4, -0.2) is 28.3 Å². The van der Waals surface area contributed by atoms with E-state index in [0.29, 0.717) is 0 Å². The monoisotopic (exact) mass is 150 g/mol. The van der Waals surface area contributed by atoms with Gasteiger partial charge in [-0.25, -0.2) is 9.59 Å². The lowest BCUT2D eigenvalue weighted by atomic mass is 10.7. The highest BCUT2D eigenvalue weighted by atomic mass is 16.4. The van der Waals surface area contributed by atoms with E-state index in [-0.39, 0.29) is 6.17 Å². The second-order valence-electron chi connectivity index (χ2n) is 1.47. The smallest absolute Gasteiger partial charge is 0.414 e. The summed E-state index contributed by atoms with van der Waals surface area (Å²) in [5.41, 5.74) is 9.78. The predicted octanol–water partition coefficient (Wildman–Crippen LogP) is -1.59. The lowest BCUT2D eigenvalue weighted by Gasteiger charge is -1.83. The molecular weight excluding hydrogens is 140 g/mol. The summed E-state index contributed by atoms with van der Waals surface area (Å²) in [4.78, 5) is 18.2. The molecule has 0 unspecified atom stereocenters. The zero-order valence-electron chi connectivity index (χ0n) is 5.44. The molecule has 0 aliphatic rings. The Balaban J connectivity index is 0. The summed E-state index contributed by atoms with van der Waals surface area (Å²) in [6.45, 7) is 1.72. The average Bonchev–Trinajstić information content (AvgIpc) is 1.63. The summed E-state index contributed by atoms with van der Waals surface area (Å²) in [5.74, 6) is -3.65. The van der Waals surface area contributed by atoms with Crippen molar-refractivity contribution in [2.75, 3.05) is 0 Å². The molecule has 0 aliphatic heterocycles. The zero-order valence-corrected chi connectivity index (χ0v) is 5.44. The van der Waals surface area contributed by atoms with Gasteiger partial charge >= 0.3 is 11.9 Å². The van der Waals surface area contributed by atoms with Crippen LogP contribution in [0.15, 0.2) is 0 Å². The lowest BCUT2D eigenvalue weighted by molar-refractivity contribution is -0.159. The van der Waals surface area contributed by atoms with E-state index in [2.05, 4.69) is 0 Å². The van der Waals surface area contributed by atoms with Crippen molar-refractivity contribution in [1.82, 2.24) is 0 Å². The Morgan fingerprint density at radius 2 is 1.30 bits per heavy atom. The highest BCUT2D eigenvalue weighted by Crippen LogP contribution is 1.56. The number of hydrogen-bond donors (Lipinski definition) is 4. The van der Waals surface area contributed by atoms with Crippen LogP contribution >= 0.6 is 0 Å². The van der Waals surface area contributed by atoms with Gasteiger partial charge in [-0.15, -0.1) is 0 Å². The minimum absolute atomic E-state index is 0.167. The molecule has 0 aromatic heterocycles. The highest BCUT2D eigenvalue weighted by Gasteiger charge is 2.04. The Hall–Kier alpha value is -1.14. The molecule has 6 heteroatoms. The molecule has 0 radical (unpaired) electrons. The molecule has 0 bridgehead atoms. The molecule has 0 spiro atoms. The lowest BCUT2D eigenvalue weighted by Crippen LogP contribution is -2.25. The molecule has 60 valence electrons. The third-order valence-electron chi connectivity index (χ3n) is 0.183. The van der Waals surface area contributed by atoms with E-state index in [0.717, 1.165) is 0 Å². The number of aliphatic carboxylic acids is 2. The molecule has 0 aromatic carbocycles. The first-order valence-electron chi connectivity index (χ1n) is 2.35. The fraction of sp³-hybridized carbons (Fsp3) is 0.500. The molecule has 0 fully saturated rings. The van der Waals surface area contributed by atoms with Gasteiger partial charge in [0.2, 0.25) is 0 Å². The van der Waals surface area contributed by atoms with Gasteiger partial charge in [-0.3, -0.25) is 0 Å². The molecule has 6 N–H and O–H groups in total. The third-order valence-corrected chi connectivity index (χ3v) is 0.183. The summed E-state index contributed by atoms with van der Waals surface area (Å²) < 4.78 is 0. The SMILES string of the molecule is CC(N)N.O=C(O)C(=O)O. The zero-order chi connectivity index (χ0) is 8.73. The van der Waals surface area contributed by atoms with Crippen LogP contribution in [0.5, 0.6) is 0 Å². The van der Waals surface area contributed by atoms with Gasteiger partial charge in [-0.05, 0) is 6.92 Å². The molecule has 0 heterocycles. The molecule has 0 aliphatic carbocycles. The topological polar surface area (TPSA) is 127 Å². The summed E-state index contributed by atoms with van der Waals surface area (Å²) >= 11 is 0.